The van der Waals surface area contributed by atoms with Gasteiger partial charge in [0.2, 0.25) is 0 Å². The molecule has 0 aliphatic heterocycles. The van der Waals surface area contributed by atoms with Gasteiger partial charge in [-0.25, -0.2) is 8.78 Å². The molecule has 1 amide bonds. The molecule has 20 heavy (non-hydrogen) atoms. The smallest absolute Gasteiger partial charge is 0.285 e. The first kappa shape index (κ1) is 16.5. The third kappa shape index (κ3) is 4.52. The summed E-state index contributed by atoms with van der Waals surface area (Å²) in [6.07, 6.45) is 1.47. The van der Waals surface area contributed by atoms with Crippen LogP contribution < -0.4 is 5.32 Å². The molecule has 0 saturated carbocycles. The first-order valence-corrected chi connectivity index (χ1v) is 6.80. The molecule has 1 unspecified atom stereocenters. The summed E-state index contributed by atoms with van der Waals surface area (Å²) in [5.41, 5.74) is -1.24. The molecule has 0 radical (unpaired) electrons. The first-order valence-electron chi connectivity index (χ1n) is 5.88. The van der Waals surface area contributed by atoms with Crippen molar-refractivity contribution in [2.45, 2.75) is 24.6 Å². The van der Waals surface area contributed by atoms with Crippen LogP contribution in [0.4, 0.5) is 14.5 Å². The molecule has 1 aromatic carbocycles. The molecule has 0 fully saturated rings. The lowest BCUT2D eigenvalue weighted by Gasteiger charge is -2.07. The van der Waals surface area contributed by atoms with Gasteiger partial charge >= 0.3 is 0 Å². The Hall–Kier alpha value is -1.57. The van der Waals surface area contributed by atoms with E-state index in [0.29, 0.717) is 25.1 Å². The zero-order valence-electron chi connectivity index (χ0n) is 10.7. The van der Waals surface area contributed by atoms with Crippen molar-refractivity contribution in [2.75, 3.05) is 6.54 Å². The quantitative estimate of drug-likeness (QED) is 0.370. The van der Waals surface area contributed by atoms with E-state index in [1.54, 1.807) is 0 Å². The van der Waals surface area contributed by atoms with Gasteiger partial charge in [0.15, 0.2) is 11.6 Å². The van der Waals surface area contributed by atoms with Crippen LogP contribution in [0.25, 0.3) is 0 Å². The van der Waals surface area contributed by atoms with Gasteiger partial charge in [-0.15, -0.1) is 0 Å². The van der Waals surface area contributed by atoms with Crippen molar-refractivity contribution in [1.82, 2.24) is 5.32 Å². The van der Waals surface area contributed by atoms with Crippen LogP contribution in [0.2, 0.25) is 0 Å². The zero-order chi connectivity index (χ0) is 15.3. The molecular weight excluding hydrogens is 338 g/mol. The predicted molar refractivity (Wildman–Crippen MR) is 73.0 cm³/mol. The Morgan fingerprint density at radius 3 is 2.60 bits per heavy atom. The molecular formula is C12H13BrF2N2O3. The minimum atomic E-state index is -1.36. The average molecular weight is 351 g/mol. The molecule has 0 heterocycles. The molecule has 1 N–H and O–H groups in total. The average Bonchev–Trinajstić information content (AvgIpc) is 2.36. The van der Waals surface area contributed by atoms with Gasteiger partial charge in [0.05, 0.1) is 11.0 Å². The molecule has 0 spiro atoms. The van der Waals surface area contributed by atoms with E-state index in [0.717, 1.165) is 6.42 Å². The van der Waals surface area contributed by atoms with Crippen molar-refractivity contribution in [3.8, 4) is 0 Å². The maximum atomic E-state index is 13.1. The summed E-state index contributed by atoms with van der Waals surface area (Å²) in [7, 11) is 0. The minimum Gasteiger partial charge on any atom is -0.352 e. The van der Waals surface area contributed by atoms with Gasteiger partial charge in [0.25, 0.3) is 11.6 Å². The Kier molecular flexibility index (Phi) is 6.00. The topological polar surface area (TPSA) is 72.2 Å². The van der Waals surface area contributed by atoms with Gasteiger partial charge in [-0.1, -0.05) is 22.9 Å². The first-order chi connectivity index (χ1) is 9.32. The lowest BCUT2D eigenvalue weighted by molar-refractivity contribution is -0.385. The maximum absolute atomic E-state index is 13.1. The summed E-state index contributed by atoms with van der Waals surface area (Å²) < 4.78 is 26.1. The SMILES string of the molecule is CC(Br)CCCNC(=O)c1cc(F)c(F)cc1[N+](=O)[O-]. The van der Waals surface area contributed by atoms with Crippen LogP contribution in [0.3, 0.4) is 0 Å². The molecule has 0 aromatic heterocycles. The fourth-order valence-electron chi connectivity index (χ4n) is 1.55. The molecule has 0 aliphatic rings. The van der Waals surface area contributed by atoms with E-state index in [1.807, 2.05) is 6.92 Å². The van der Waals surface area contributed by atoms with E-state index >= 15 is 0 Å². The van der Waals surface area contributed by atoms with E-state index in [4.69, 9.17) is 0 Å². The van der Waals surface area contributed by atoms with Crippen LogP contribution in [-0.2, 0) is 0 Å². The largest absolute Gasteiger partial charge is 0.352 e. The zero-order valence-corrected chi connectivity index (χ0v) is 12.2. The molecule has 110 valence electrons. The second-order valence-electron chi connectivity index (χ2n) is 4.22. The van der Waals surface area contributed by atoms with E-state index in [9.17, 15) is 23.7 Å². The fraction of sp³-hybridized carbons (Fsp3) is 0.417. The van der Waals surface area contributed by atoms with Gasteiger partial charge in [-0.2, -0.15) is 0 Å². The van der Waals surface area contributed by atoms with Gasteiger partial charge in [-0.3, -0.25) is 14.9 Å². The second-order valence-corrected chi connectivity index (χ2v) is 5.78. The number of carbonyl (C=O) groups is 1. The highest BCUT2D eigenvalue weighted by Gasteiger charge is 2.23. The second kappa shape index (κ2) is 7.28. The number of halogens is 3. The normalized spacial score (nSPS) is 12.0. The maximum Gasteiger partial charge on any atom is 0.285 e. The van der Waals surface area contributed by atoms with Crippen LogP contribution in [-0.4, -0.2) is 22.2 Å². The van der Waals surface area contributed by atoms with Gasteiger partial charge in [0.1, 0.15) is 5.56 Å². The van der Waals surface area contributed by atoms with Gasteiger partial charge in [0, 0.05) is 11.4 Å². The molecule has 1 rings (SSSR count). The van der Waals surface area contributed by atoms with Crippen LogP contribution >= 0.6 is 15.9 Å². The summed E-state index contributed by atoms with van der Waals surface area (Å²) in [6.45, 7) is 2.24. The number of hydrogen-bond acceptors (Lipinski definition) is 3. The minimum absolute atomic E-state index is 0.289. The number of benzene rings is 1. The lowest BCUT2D eigenvalue weighted by atomic mass is 10.1. The number of carbonyl (C=O) groups excluding carboxylic acids is 1. The number of amides is 1. The van der Waals surface area contributed by atoms with E-state index in [2.05, 4.69) is 21.2 Å². The highest BCUT2D eigenvalue weighted by molar-refractivity contribution is 9.09. The number of nitro groups is 1. The van der Waals surface area contributed by atoms with Crippen LogP contribution in [0.5, 0.6) is 0 Å². The van der Waals surface area contributed by atoms with Crippen LogP contribution in [0.15, 0.2) is 12.1 Å². The Morgan fingerprint density at radius 2 is 2.05 bits per heavy atom. The monoisotopic (exact) mass is 350 g/mol. The number of rotatable bonds is 6. The van der Waals surface area contributed by atoms with Crippen molar-refractivity contribution >= 4 is 27.5 Å². The number of nitrogens with one attached hydrogen (secondary N) is 1. The van der Waals surface area contributed by atoms with Crippen LogP contribution in [0.1, 0.15) is 30.1 Å². The molecule has 0 aliphatic carbocycles. The Labute approximate surface area is 122 Å². The molecule has 1 atom stereocenters. The summed E-state index contributed by atoms with van der Waals surface area (Å²) in [5, 5.41) is 13.2. The molecule has 0 bridgehead atoms. The Bertz CT molecular complexity index is 524. The predicted octanol–water partition coefficient (Wildman–Crippen LogP) is 3.17. The van der Waals surface area contributed by atoms with Crippen molar-refractivity contribution in [3.63, 3.8) is 0 Å². The van der Waals surface area contributed by atoms with Gasteiger partial charge < -0.3 is 5.32 Å². The highest BCUT2D eigenvalue weighted by Crippen LogP contribution is 2.22. The highest BCUT2D eigenvalue weighted by atomic mass is 79.9. The summed E-state index contributed by atoms with van der Waals surface area (Å²) >= 11 is 3.34. The summed E-state index contributed by atoms with van der Waals surface area (Å²) in [4.78, 5) is 21.9. The standard InChI is InChI=1S/C12H13BrF2N2O3/c1-7(13)3-2-4-16-12(18)8-5-9(14)10(15)6-11(8)17(19)20/h5-7H,2-4H2,1H3,(H,16,18). The number of nitrogens with zero attached hydrogens (tertiary/aromatic N) is 1. The van der Waals surface area contributed by atoms with Crippen molar-refractivity contribution < 1.29 is 18.5 Å². The van der Waals surface area contributed by atoms with Crippen LogP contribution in [0, 0.1) is 21.7 Å². The molecule has 8 heteroatoms. The van der Waals surface area contributed by atoms with E-state index in [1.165, 1.54) is 0 Å². The molecule has 1 aromatic rings. The molecule has 5 nitrogen and oxygen atoms in total. The lowest BCUT2D eigenvalue weighted by Crippen LogP contribution is -2.25. The van der Waals surface area contributed by atoms with E-state index < -0.39 is 33.7 Å². The summed E-state index contributed by atoms with van der Waals surface area (Å²) in [6, 6.07) is 0.945. The number of alkyl halides is 1. The van der Waals surface area contributed by atoms with Crippen molar-refractivity contribution in [2.24, 2.45) is 0 Å². The number of hydrogen-bond donors (Lipinski definition) is 1. The Morgan fingerprint density at radius 1 is 1.45 bits per heavy atom. The number of nitro benzene ring substituents is 1. The third-order valence-electron chi connectivity index (χ3n) is 2.54. The fourth-order valence-corrected chi connectivity index (χ4v) is 1.87. The Balaban J connectivity index is 2.81. The summed E-state index contributed by atoms with van der Waals surface area (Å²) in [5.74, 6) is -3.45. The third-order valence-corrected chi connectivity index (χ3v) is 3.00. The molecule has 0 saturated heterocycles. The van der Waals surface area contributed by atoms with Crippen molar-refractivity contribution in [1.29, 1.82) is 0 Å². The van der Waals surface area contributed by atoms with E-state index in [-0.39, 0.29) is 4.83 Å². The van der Waals surface area contributed by atoms with Crippen molar-refractivity contribution in [3.05, 3.63) is 39.4 Å². The van der Waals surface area contributed by atoms with Gasteiger partial charge in [-0.05, 0) is 18.9 Å².